The number of hydrogen-bond acceptors (Lipinski definition) is 6. The van der Waals surface area contributed by atoms with Gasteiger partial charge in [0.1, 0.15) is 12.4 Å². The smallest absolute Gasteiger partial charge is 0.410 e. The highest BCUT2D eigenvalue weighted by Crippen LogP contribution is 2.47. The molecule has 1 aliphatic heterocycles. The Balaban J connectivity index is 1.63. The summed E-state index contributed by atoms with van der Waals surface area (Å²) in [6, 6.07) is 12.7. The van der Waals surface area contributed by atoms with Gasteiger partial charge in [0.25, 0.3) is 0 Å². The molecular formula is C27H30N4O3. The minimum Gasteiger partial charge on any atom is -0.496 e. The van der Waals surface area contributed by atoms with Crippen molar-refractivity contribution in [1.82, 2.24) is 14.9 Å². The number of hydrogen-bond donors (Lipinski definition) is 0. The van der Waals surface area contributed by atoms with Gasteiger partial charge in [0.15, 0.2) is 0 Å². The maximum Gasteiger partial charge on any atom is 0.410 e. The molecule has 5 rings (SSSR count). The molecule has 176 valence electrons. The third-order valence-corrected chi connectivity index (χ3v) is 6.83. The number of rotatable bonds is 6. The second-order valence-corrected chi connectivity index (χ2v) is 9.52. The van der Waals surface area contributed by atoms with Crippen LogP contribution in [-0.4, -0.2) is 54.3 Å². The van der Waals surface area contributed by atoms with Gasteiger partial charge in [-0.15, -0.1) is 0 Å². The van der Waals surface area contributed by atoms with Crippen LogP contribution in [0, 0.1) is 13.8 Å². The summed E-state index contributed by atoms with van der Waals surface area (Å²) in [5.74, 6) is 1.33. The van der Waals surface area contributed by atoms with Crippen LogP contribution in [0.1, 0.15) is 29.7 Å². The van der Waals surface area contributed by atoms with Crippen molar-refractivity contribution in [2.75, 3.05) is 32.7 Å². The van der Waals surface area contributed by atoms with E-state index in [1.807, 2.05) is 36.2 Å². The molecule has 7 nitrogen and oxygen atoms in total. The zero-order valence-corrected chi connectivity index (χ0v) is 20.4. The van der Waals surface area contributed by atoms with Crippen LogP contribution in [0.25, 0.3) is 22.3 Å². The minimum absolute atomic E-state index is 0.178. The SMILES string of the molecule is COc1ccc(-c2ccc(C)cc2C)cc1-c1cnc(N(C)C)nc1CN1C(=O)OCC12CC2. The van der Waals surface area contributed by atoms with Crippen LogP contribution < -0.4 is 9.64 Å². The van der Waals surface area contributed by atoms with Gasteiger partial charge in [-0.3, -0.25) is 4.90 Å². The van der Waals surface area contributed by atoms with Gasteiger partial charge >= 0.3 is 6.09 Å². The first kappa shape index (κ1) is 22.2. The Hall–Kier alpha value is -3.61. The molecule has 1 spiro atoms. The molecule has 2 aliphatic rings. The summed E-state index contributed by atoms with van der Waals surface area (Å²) < 4.78 is 11.1. The van der Waals surface area contributed by atoms with E-state index in [9.17, 15) is 4.79 Å². The summed E-state index contributed by atoms with van der Waals surface area (Å²) in [5.41, 5.74) is 7.06. The predicted octanol–water partition coefficient (Wildman–Crippen LogP) is 4.99. The summed E-state index contributed by atoms with van der Waals surface area (Å²) >= 11 is 0. The second-order valence-electron chi connectivity index (χ2n) is 9.52. The van der Waals surface area contributed by atoms with Gasteiger partial charge in [-0.1, -0.05) is 29.8 Å². The largest absolute Gasteiger partial charge is 0.496 e. The fraction of sp³-hybridized carbons (Fsp3) is 0.370. The first-order valence-electron chi connectivity index (χ1n) is 11.5. The van der Waals surface area contributed by atoms with Crippen molar-refractivity contribution >= 4 is 12.0 Å². The molecule has 3 aromatic rings. The molecule has 0 bridgehead atoms. The third-order valence-electron chi connectivity index (χ3n) is 6.83. The van der Waals surface area contributed by atoms with E-state index in [2.05, 4.69) is 49.2 Å². The van der Waals surface area contributed by atoms with Crippen LogP contribution in [0.5, 0.6) is 5.75 Å². The lowest BCUT2D eigenvalue weighted by Gasteiger charge is -2.23. The molecule has 1 saturated carbocycles. The molecule has 2 aromatic carbocycles. The van der Waals surface area contributed by atoms with Crippen LogP contribution in [0.2, 0.25) is 0 Å². The summed E-state index contributed by atoms with van der Waals surface area (Å²) in [7, 11) is 5.49. The molecule has 0 N–H and O–H groups in total. The van der Waals surface area contributed by atoms with Crippen LogP contribution in [0.4, 0.5) is 10.7 Å². The van der Waals surface area contributed by atoms with Crippen LogP contribution in [-0.2, 0) is 11.3 Å². The van der Waals surface area contributed by atoms with Gasteiger partial charge in [-0.25, -0.2) is 14.8 Å². The van der Waals surface area contributed by atoms with E-state index in [1.54, 1.807) is 7.11 Å². The van der Waals surface area contributed by atoms with Crippen LogP contribution in [0.3, 0.4) is 0 Å². The standard InChI is InChI=1S/C27H30N4O3/c1-17-6-8-20(18(2)12-17)19-7-9-24(33-5)21(13-19)22-14-28-25(30(3)4)29-23(22)15-31-26(32)34-16-27(31)10-11-27/h6-9,12-14H,10-11,15-16H2,1-5H3. The summed E-state index contributed by atoms with van der Waals surface area (Å²) in [5, 5.41) is 0. The Morgan fingerprint density at radius 1 is 1.09 bits per heavy atom. The van der Waals surface area contributed by atoms with Crippen molar-refractivity contribution in [1.29, 1.82) is 0 Å². The van der Waals surface area contributed by atoms with Crippen molar-refractivity contribution in [3.05, 3.63) is 59.4 Å². The van der Waals surface area contributed by atoms with Crippen molar-refractivity contribution in [3.63, 3.8) is 0 Å². The molecule has 0 radical (unpaired) electrons. The first-order chi connectivity index (χ1) is 16.3. The Morgan fingerprint density at radius 2 is 1.88 bits per heavy atom. The molecule has 1 aromatic heterocycles. The number of benzene rings is 2. The van der Waals surface area contributed by atoms with Crippen LogP contribution >= 0.6 is 0 Å². The topological polar surface area (TPSA) is 67.8 Å². The number of carbonyl (C=O) groups is 1. The molecule has 1 saturated heterocycles. The Kier molecular flexibility index (Phi) is 5.42. The fourth-order valence-corrected chi connectivity index (χ4v) is 4.68. The quantitative estimate of drug-likeness (QED) is 0.519. The maximum absolute atomic E-state index is 12.6. The number of carbonyl (C=O) groups excluding carboxylic acids is 1. The fourth-order valence-electron chi connectivity index (χ4n) is 4.68. The second kappa shape index (κ2) is 8.31. The maximum atomic E-state index is 12.6. The molecule has 2 fully saturated rings. The van der Waals surface area contributed by atoms with E-state index in [0.29, 0.717) is 19.1 Å². The average Bonchev–Trinajstić information content (AvgIpc) is 3.55. The van der Waals surface area contributed by atoms with Crippen molar-refractivity contribution in [3.8, 4) is 28.0 Å². The highest BCUT2D eigenvalue weighted by molar-refractivity contribution is 5.80. The van der Waals surface area contributed by atoms with Gasteiger partial charge in [-0.2, -0.15) is 0 Å². The van der Waals surface area contributed by atoms with E-state index < -0.39 is 0 Å². The zero-order chi connectivity index (χ0) is 24.0. The normalized spacial score (nSPS) is 16.0. The highest BCUT2D eigenvalue weighted by atomic mass is 16.6. The van der Waals surface area contributed by atoms with Gasteiger partial charge in [0, 0.05) is 31.4 Å². The highest BCUT2D eigenvalue weighted by Gasteiger charge is 2.56. The number of methoxy groups -OCH3 is 1. The Bertz CT molecular complexity index is 1270. The first-order valence-corrected chi connectivity index (χ1v) is 11.5. The molecule has 0 unspecified atom stereocenters. The summed E-state index contributed by atoms with van der Waals surface area (Å²) in [4.78, 5) is 25.7. The lowest BCUT2D eigenvalue weighted by molar-refractivity contribution is 0.155. The van der Waals surface area contributed by atoms with Gasteiger partial charge in [-0.05, 0) is 55.5 Å². The van der Waals surface area contributed by atoms with E-state index in [1.165, 1.54) is 16.7 Å². The van der Waals surface area contributed by atoms with Gasteiger partial charge in [0.2, 0.25) is 5.95 Å². The summed E-state index contributed by atoms with van der Waals surface area (Å²) in [6.07, 6.45) is 3.49. The number of ether oxygens (including phenoxy) is 2. The van der Waals surface area contributed by atoms with Crippen molar-refractivity contribution in [2.24, 2.45) is 0 Å². The molecule has 1 aliphatic carbocycles. The predicted molar refractivity (Wildman–Crippen MR) is 132 cm³/mol. The summed E-state index contributed by atoms with van der Waals surface area (Å²) in [6.45, 7) is 5.05. The molecule has 0 atom stereocenters. The van der Waals surface area contributed by atoms with Crippen molar-refractivity contribution < 1.29 is 14.3 Å². The lowest BCUT2D eigenvalue weighted by atomic mass is 9.94. The zero-order valence-electron chi connectivity index (χ0n) is 20.4. The van der Waals surface area contributed by atoms with Crippen LogP contribution in [0.15, 0.2) is 42.6 Å². The molecule has 7 heteroatoms. The Labute approximate surface area is 200 Å². The van der Waals surface area contributed by atoms with Gasteiger partial charge in [0.05, 0.1) is 24.9 Å². The number of anilines is 1. The minimum atomic E-state index is -0.274. The molecule has 1 amide bonds. The van der Waals surface area contributed by atoms with E-state index in [-0.39, 0.29) is 11.6 Å². The number of aromatic nitrogens is 2. The van der Waals surface area contributed by atoms with E-state index >= 15 is 0 Å². The third kappa shape index (κ3) is 3.85. The lowest BCUT2D eigenvalue weighted by Crippen LogP contribution is -2.35. The molecule has 2 heterocycles. The molecular weight excluding hydrogens is 428 g/mol. The number of amides is 1. The Morgan fingerprint density at radius 3 is 2.56 bits per heavy atom. The van der Waals surface area contributed by atoms with Gasteiger partial charge < -0.3 is 14.4 Å². The number of nitrogens with zero attached hydrogens (tertiary/aromatic N) is 4. The van der Waals surface area contributed by atoms with Crippen molar-refractivity contribution in [2.45, 2.75) is 38.8 Å². The number of cyclic esters (lactones) is 1. The van der Waals surface area contributed by atoms with E-state index in [0.717, 1.165) is 41.0 Å². The monoisotopic (exact) mass is 458 g/mol. The van der Waals surface area contributed by atoms with E-state index in [4.69, 9.17) is 14.5 Å². The average molecular weight is 459 g/mol. The molecule has 34 heavy (non-hydrogen) atoms. The number of aryl methyl sites for hydroxylation is 2.